The standard InChI is InChI=1S/C12H17NO2/c14-8-4-13(5-8)12(15)11-9-6-1-2-7(3-6)10(9)11/h6-11,14H,1-5H2. The average molecular weight is 207 g/mol. The second-order valence-corrected chi connectivity index (χ2v) is 5.91. The molecule has 3 aliphatic carbocycles. The third-order valence-electron chi connectivity index (χ3n) is 5.19. The molecule has 0 radical (unpaired) electrons. The van der Waals surface area contributed by atoms with Crippen molar-refractivity contribution in [1.82, 2.24) is 4.90 Å². The van der Waals surface area contributed by atoms with Gasteiger partial charge in [-0.25, -0.2) is 0 Å². The van der Waals surface area contributed by atoms with Crippen LogP contribution in [-0.2, 0) is 4.79 Å². The summed E-state index contributed by atoms with van der Waals surface area (Å²) < 4.78 is 0. The summed E-state index contributed by atoms with van der Waals surface area (Å²) in [6, 6.07) is 0. The third kappa shape index (κ3) is 0.975. The zero-order valence-electron chi connectivity index (χ0n) is 8.80. The van der Waals surface area contributed by atoms with E-state index in [0.717, 1.165) is 23.7 Å². The molecule has 15 heavy (non-hydrogen) atoms. The molecule has 0 aromatic heterocycles. The van der Waals surface area contributed by atoms with Gasteiger partial charge in [0.2, 0.25) is 5.91 Å². The molecule has 1 amide bonds. The summed E-state index contributed by atoms with van der Waals surface area (Å²) in [5.41, 5.74) is 0. The summed E-state index contributed by atoms with van der Waals surface area (Å²) in [5.74, 6) is 3.96. The highest BCUT2D eigenvalue weighted by molar-refractivity contribution is 5.83. The lowest BCUT2D eigenvalue weighted by molar-refractivity contribution is -0.143. The lowest BCUT2D eigenvalue weighted by Crippen LogP contribution is -2.54. The number of carbonyl (C=O) groups is 1. The molecule has 3 heteroatoms. The van der Waals surface area contributed by atoms with Gasteiger partial charge in [-0.05, 0) is 42.9 Å². The van der Waals surface area contributed by atoms with Gasteiger partial charge in [0, 0.05) is 19.0 Å². The highest BCUT2D eigenvalue weighted by atomic mass is 16.3. The average Bonchev–Trinajstić information content (AvgIpc) is 2.62. The summed E-state index contributed by atoms with van der Waals surface area (Å²) >= 11 is 0. The maximum absolute atomic E-state index is 12.1. The van der Waals surface area contributed by atoms with E-state index in [1.807, 2.05) is 4.90 Å². The molecular weight excluding hydrogens is 190 g/mol. The Morgan fingerprint density at radius 3 is 2.27 bits per heavy atom. The summed E-state index contributed by atoms with van der Waals surface area (Å²) in [4.78, 5) is 13.9. The quantitative estimate of drug-likeness (QED) is 0.679. The van der Waals surface area contributed by atoms with E-state index in [1.54, 1.807) is 0 Å². The van der Waals surface area contributed by atoms with Crippen molar-refractivity contribution in [3.05, 3.63) is 0 Å². The molecule has 0 spiro atoms. The molecule has 3 saturated carbocycles. The van der Waals surface area contributed by atoms with E-state index >= 15 is 0 Å². The van der Waals surface area contributed by atoms with Crippen LogP contribution in [-0.4, -0.2) is 35.1 Å². The van der Waals surface area contributed by atoms with Gasteiger partial charge in [0.25, 0.3) is 0 Å². The summed E-state index contributed by atoms with van der Waals surface area (Å²) in [6.45, 7) is 1.17. The first-order chi connectivity index (χ1) is 7.25. The highest BCUT2D eigenvalue weighted by Gasteiger charge is 2.68. The normalized spacial score (nSPS) is 51.5. The predicted molar refractivity (Wildman–Crippen MR) is 53.9 cm³/mol. The van der Waals surface area contributed by atoms with Crippen LogP contribution in [0.4, 0.5) is 0 Å². The molecule has 1 heterocycles. The van der Waals surface area contributed by atoms with E-state index < -0.39 is 0 Å². The van der Waals surface area contributed by atoms with Crippen LogP contribution in [0.2, 0.25) is 0 Å². The Morgan fingerprint density at radius 1 is 1.13 bits per heavy atom. The van der Waals surface area contributed by atoms with Crippen LogP contribution in [0.15, 0.2) is 0 Å². The topological polar surface area (TPSA) is 40.5 Å². The highest BCUT2D eigenvalue weighted by Crippen LogP contribution is 2.69. The first-order valence-electron chi connectivity index (χ1n) is 6.22. The molecular formula is C12H17NO2. The molecule has 4 aliphatic rings. The summed E-state index contributed by atoms with van der Waals surface area (Å²) in [6.07, 6.45) is 3.90. The molecule has 0 aromatic rings. The maximum atomic E-state index is 12.1. The number of likely N-dealkylation sites (tertiary alicyclic amines) is 1. The monoisotopic (exact) mass is 207 g/mol. The van der Waals surface area contributed by atoms with Gasteiger partial charge in [-0.3, -0.25) is 4.79 Å². The van der Waals surface area contributed by atoms with Crippen LogP contribution >= 0.6 is 0 Å². The molecule has 4 fully saturated rings. The van der Waals surface area contributed by atoms with Gasteiger partial charge in [-0.15, -0.1) is 0 Å². The second kappa shape index (κ2) is 2.57. The number of rotatable bonds is 1. The Balaban J connectivity index is 1.47. The van der Waals surface area contributed by atoms with Gasteiger partial charge >= 0.3 is 0 Å². The molecule has 82 valence electrons. The Morgan fingerprint density at radius 2 is 1.73 bits per heavy atom. The fraction of sp³-hybridized carbons (Fsp3) is 0.917. The Labute approximate surface area is 89.4 Å². The number of fused-ring (bicyclic) bond motifs is 5. The summed E-state index contributed by atoms with van der Waals surface area (Å²) in [5, 5.41) is 9.19. The molecule has 4 rings (SSSR count). The Kier molecular flexibility index (Phi) is 1.47. The van der Waals surface area contributed by atoms with Crippen LogP contribution < -0.4 is 0 Å². The van der Waals surface area contributed by atoms with Crippen molar-refractivity contribution in [2.75, 3.05) is 13.1 Å². The zero-order chi connectivity index (χ0) is 10.2. The number of aliphatic hydroxyl groups is 1. The van der Waals surface area contributed by atoms with Gasteiger partial charge in [0.15, 0.2) is 0 Å². The fourth-order valence-corrected chi connectivity index (χ4v) is 4.50. The lowest BCUT2D eigenvalue weighted by Gasteiger charge is -2.36. The molecule has 3 nitrogen and oxygen atoms in total. The van der Waals surface area contributed by atoms with E-state index in [4.69, 9.17) is 0 Å². The van der Waals surface area contributed by atoms with Gasteiger partial charge < -0.3 is 10.0 Å². The first kappa shape index (κ1) is 8.57. The number of carbonyl (C=O) groups excluding carboxylic acids is 1. The van der Waals surface area contributed by atoms with Crippen molar-refractivity contribution in [3.8, 4) is 0 Å². The Hall–Kier alpha value is -0.570. The van der Waals surface area contributed by atoms with Crippen LogP contribution in [0.1, 0.15) is 19.3 Å². The van der Waals surface area contributed by atoms with Gasteiger partial charge in [-0.1, -0.05) is 0 Å². The SMILES string of the molecule is O=C(C1C2C3CCC(C3)C12)N1CC(O)C1. The minimum atomic E-state index is -0.246. The van der Waals surface area contributed by atoms with Crippen LogP contribution in [0.5, 0.6) is 0 Å². The van der Waals surface area contributed by atoms with Crippen molar-refractivity contribution in [1.29, 1.82) is 0 Å². The number of hydrogen-bond acceptors (Lipinski definition) is 2. The third-order valence-corrected chi connectivity index (χ3v) is 5.19. The van der Waals surface area contributed by atoms with E-state index in [0.29, 0.717) is 24.9 Å². The molecule has 4 unspecified atom stereocenters. The van der Waals surface area contributed by atoms with Crippen molar-refractivity contribution in [2.24, 2.45) is 29.6 Å². The van der Waals surface area contributed by atoms with Crippen LogP contribution in [0.3, 0.4) is 0 Å². The molecule has 1 aliphatic heterocycles. The minimum absolute atomic E-state index is 0.246. The Bertz CT molecular complexity index is 308. The molecule has 2 bridgehead atoms. The smallest absolute Gasteiger partial charge is 0.226 e. The second-order valence-electron chi connectivity index (χ2n) is 5.91. The number of β-amino-alcohol motifs (C(OH)–C–C–N with tert-alkyl or cyclic N) is 1. The van der Waals surface area contributed by atoms with E-state index in [9.17, 15) is 9.90 Å². The predicted octanol–water partition coefficient (Wildman–Crippen LogP) is 0.482. The summed E-state index contributed by atoms with van der Waals surface area (Å²) in [7, 11) is 0. The van der Waals surface area contributed by atoms with Crippen LogP contribution in [0.25, 0.3) is 0 Å². The van der Waals surface area contributed by atoms with Gasteiger partial charge in [-0.2, -0.15) is 0 Å². The minimum Gasteiger partial charge on any atom is -0.389 e. The molecule has 1 N–H and O–H groups in total. The largest absolute Gasteiger partial charge is 0.389 e. The van der Waals surface area contributed by atoms with Crippen molar-refractivity contribution < 1.29 is 9.90 Å². The van der Waals surface area contributed by atoms with Gasteiger partial charge in [0.1, 0.15) is 0 Å². The number of amides is 1. The number of aliphatic hydroxyl groups excluding tert-OH is 1. The zero-order valence-corrected chi connectivity index (χ0v) is 8.80. The van der Waals surface area contributed by atoms with Gasteiger partial charge in [0.05, 0.1) is 6.10 Å². The number of nitrogens with zero attached hydrogens (tertiary/aromatic N) is 1. The molecule has 0 aromatic carbocycles. The maximum Gasteiger partial charge on any atom is 0.226 e. The van der Waals surface area contributed by atoms with Crippen molar-refractivity contribution in [2.45, 2.75) is 25.4 Å². The van der Waals surface area contributed by atoms with Crippen molar-refractivity contribution in [3.63, 3.8) is 0 Å². The molecule has 4 atom stereocenters. The van der Waals surface area contributed by atoms with Crippen molar-refractivity contribution >= 4 is 5.91 Å². The first-order valence-corrected chi connectivity index (χ1v) is 6.22. The number of hydrogen-bond donors (Lipinski definition) is 1. The van der Waals surface area contributed by atoms with E-state index in [-0.39, 0.29) is 6.10 Å². The molecule has 1 saturated heterocycles. The lowest BCUT2D eigenvalue weighted by atomic mass is 10.0. The fourth-order valence-electron chi connectivity index (χ4n) is 4.50. The van der Waals surface area contributed by atoms with E-state index in [2.05, 4.69) is 0 Å². The van der Waals surface area contributed by atoms with E-state index in [1.165, 1.54) is 19.3 Å². The van der Waals surface area contributed by atoms with Crippen LogP contribution in [0, 0.1) is 29.6 Å².